The van der Waals surface area contributed by atoms with E-state index in [-0.39, 0.29) is 0 Å². The average Bonchev–Trinajstić information content (AvgIpc) is 2.14. The third-order valence-electron chi connectivity index (χ3n) is 4.97. The van der Waals surface area contributed by atoms with Gasteiger partial charge in [0, 0.05) is 5.41 Å². The molecule has 4 aliphatic rings. The third kappa shape index (κ3) is 1.19. The summed E-state index contributed by atoms with van der Waals surface area (Å²) in [6.45, 7) is 0. The predicted octanol–water partition coefficient (Wildman–Crippen LogP) is 2.92. The second-order valence-corrected chi connectivity index (χ2v) is 6.08. The zero-order valence-electron chi connectivity index (χ0n) is 9.09. The number of halogens is 2. The highest BCUT2D eigenvalue weighted by atomic mass is 19.3. The first kappa shape index (κ1) is 10.5. The van der Waals surface area contributed by atoms with Crippen LogP contribution < -0.4 is 0 Å². The molecule has 4 fully saturated rings. The van der Waals surface area contributed by atoms with Crippen LogP contribution in [0.25, 0.3) is 0 Å². The van der Waals surface area contributed by atoms with Gasteiger partial charge >= 0.3 is 11.9 Å². The molecule has 4 aliphatic carbocycles. The van der Waals surface area contributed by atoms with Gasteiger partial charge in [-0.1, -0.05) is 0 Å². The average molecular weight is 230 g/mol. The number of aliphatic carboxylic acids is 1. The number of carbonyl (C=O) groups is 1. The molecule has 1 N–H and O–H groups in total. The van der Waals surface area contributed by atoms with Crippen molar-refractivity contribution in [2.45, 2.75) is 44.4 Å². The van der Waals surface area contributed by atoms with E-state index < -0.39 is 17.3 Å². The normalized spacial score (nSPS) is 46.0. The summed E-state index contributed by atoms with van der Waals surface area (Å²) < 4.78 is 27.8. The molecule has 0 amide bonds. The monoisotopic (exact) mass is 230 g/mol. The summed E-state index contributed by atoms with van der Waals surface area (Å²) in [6.07, 6.45) is 4.44. The van der Waals surface area contributed by atoms with E-state index >= 15 is 0 Å². The summed E-state index contributed by atoms with van der Waals surface area (Å²) in [7, 11) is 0. The van der Waals surface area contributed by atoms with Gasteiger partial charge in [0.05, 0.1) is 0 Å². The van der Waals surface area contributed by atoms with Crippen LogP contribution in [0.15, 0.2) is 0 Å². The Morgan fingerprint density at radius 1 is 1.06 bits per heavy atom. The van der Waals surface area contributed by atoms with Crippen molar-refractivity contribution in [3.63, 3.8) is 0 Å². The van der Waals surface area contributed by atoms with Gasteiger partial charge in [0.25, 0.3) is 0 Å². The van der Waals surface area contributed by atoms with Crippen LogP contribution >= 0.6 is 0 Å². The molecule has 0 saturated heterocycles. The molecule has 2 nitrogen and oxygen atoms in total. The van der Waals surface area contributed by atoms with Crippen LogP contribution in [0, 0.1) is 23.2 Å². The highest BCUT2D eigenvalue weighted by Crippen LogP contribution is 2.64. The topological polar surface area (TPSA) is 37.3 Å². The van der Waals surface area contributed by atoms with E-state index in [0.717, 1.165) is 19.3 Å². The van der Waals surface area contributed by atoms with E-state index in [0.29, 0.717) is 37.0 Å². The maximum Gasteiger partial charge on any atom is 0.375 e. The van der Waals surface area contributed by atoms with Gasteiger partial charge < -0.3 is 5.11 Å². The van der Waals surface area contributed by atoms with Crippen LogP contribution in [0.2, 0.25) is 0 Å². The van der Waals surface area contributed by atoms with Crippen LogP contribution in [0.3, 0.4) is 0 Å². The molecule has 4 saturated carbocycles. The largest absolute Gasteiger partial charge is 0.477 e. The van der Waals surface area contributed by atoms with Gasteiger partial charge in [0.15, 0.2) is 0 Å². The second kappa shape index (κ2) is 2.96. The van der Waals surface area contributed by atoms with Crippen molar-refractivity contribution in [2.24, 2.45) is 23.2 Å². The Kier molecular flexibility index (Phi) is 1.94. The minimum absolute atomic E-state index is 0.358. The van der Waals surface area contributed by atoms with Gasteiger partial charge in [-0.3, -0.25) is 0 Å². The number of rotatable bonds is 2. The minimum atomic E-state index is -3.52. The number of hydrogen-bond donors (Lipinski definition) is 1. The van der Waals surface area contributed by atoms with Crippen LogP contribution in [0.4, 0.5) is 8.78 Å². The van der Waals surface area contributed by atoms with Gasteiger partial charge in [-0.25, -0.2) is 4.79 Å². The molecule has 0 spiro atoms. The predicted molar refractivity (Wildman–Crippen MR) is 53.2 cm³/mol. The van der Waals surface area contributed by atoms with E-state index in [1.807, 2.05) is 0 Å². The zero-order chi connectivity index (χ0) is 11.6. The van der Waals surface area contributed by atoms with Crippen LogP contribution in [-0.4, -0.2) is 17.0 Å². The van der Waals surface area contributed by atoms with E-state index in [4.69, 9.17) is 5.11 Å². The van der Waals surface area contributed by atoms with Crippen molar-refractivity contribution in [3.8, 4) is 0 Å². The highest BCUT2D eigenvalue weighted by Gasteiger charge is 2.65. The molecule has 0 aromatic heterocycles. The Labute approximate surface area is 93.0 Å². The fourth-order valence-electron chi connectivity index (χ4n) is 4.72. The summed E-state index contributed by atoms with van der Waals surface area (Å²) in [6, 6.07) is 0. The number of hydrogen-bond acceptors (Lipinski definition) is 1. The SMILES string of the molecule is O=C(O)C(F)(F)C12CC3CC(CC(C3)C1)C2. The van der Waals surface area contributed by atoms with Crippen LogP contribution in [0.5, 0.6) is 0 Å². The molecule has 4 heteroatoms. The van der Waals surface area contributed by atoms with Gasteiger partial charge in [0.2, 0.25) is 0 Å². The molecule has 16 heavy (non-hydrogen) atoms. The van der Waals surface area contributed by atoms with E-state index in [1.54, 1.807) is 0 Å². The van der Waals surface area contributed by atoms with Crippen LogP contribution in [0.1, 0.15) is 38.5 Å². The molecule has 0 radical (unpaired) electrons. The van der Waals surface area contributed by atoms with Crippen molar-refractivity contribution in [2.75, 3.05) is 0 Å². The maximum atomic E-state index is 13.9. The lowest BCUT2D eigenvalue weighted by Gasteiger charge is -2.57. The molecular weight excluding hydrogens is 214 g/mol. The summed E-state index contributed by atoms with van der Waals surface area (Å²) >= 11 is 0. The van der Waals surface area contributed by atoms with Gasteiger partial charge in [-0.2, -0.15) is 8.78 Å². The fraction of sp³-hybridized carbons (Fsp3) is 0.917. The van der Waals surface area contributed by atoms with Crippen molar-refractivity contribution in [1.29, 1.82) is 0 Å². The quantitative estimate of drug-likeness (QED) is 0.792. The Morgan fingerprint density at radius 3 is 1.75 bits per heavy atom. The van der Waals surface area contributed by atoms with Crippen molar-refractivity contribution in [3.05, 3.63) is 0 Å². The van der Waals surface area contributed by atoms with Crippen molar-refractivity contribution in [1.82, 2.24) is 0 Å². The molecular formula is C12H16F2O2. The van der Waals surface area contributed by atoms with E-state index in [1.165, 1.54) is 0 Å². The first-order chi connectivity index (χ1) is 7.43. The first-order valence-electron chi connectivity index (χ1n) is 6.04. The Balaban J connectivity index is 1.97. The highest BCUT2D eigenvalue weighted by molar-refractivity contribution is 5.76. The fourth-order valence-corrected chi connectivity index (χ4v) is 4.72. The summed E-state index contributed by atoms with van der Waals surface area (Å²) in [5.41, 5.74) is -1.21. The smallest absolute Gasteiger partial charge is 0.375 e. The third-order valence-corrected chi connectivity index (χ3v) is 4.97. The van der Waals surface area contributed by atoms with Crippen LogP contribution in [-0.2, 0) is 4.79 Å². The number of carboxylic acid groups (broad SMARTS) is 1. The Morgan fingerprint density at radius 2 is 1.44 bits per heavy atom. The Hall–Kier alpha value is -0.670. The van der Waals surface area contributed by atoms with E-state index in [2.05, 4.69) is 0 Å². The molecule has 4 rings (SSSR count). The van der Waals surface area contributed by atoms with Gasteiger partial charge in [-0.05, 0) is 56.3 Å². The van der Waals surface area contributed by atoms with Gasteiger partial charge in [-0.15, -0.1) is 0 Å². The molecule has 0 heterocycles. The molecule has 0 aromatic carbocycles. The maximum absolute atomic E-state index is 13.9. The van der Waals surface area contributed by atoms with Crippen molar-refractivity contribution >= 4 is 5.97 Å². The molecule has 90 valence electrons. The standard InChI is InChI=1S/C12H16F2O2/c13-12(14,10(15)16)11-4-7-1-8(5-11)3-9(2-7)6-11/h7-9H,1-6H2,(H,15,16). The second-order valence-electron chi connectivity index (χ2n) is 6.08. The number of alkyl halides is 2. The summed E-state index contributed by atoms with van der Waals surface area (Å²) in [5.74, 6) is -4.37. The minimum Gasteiger partial charge on any atom is -0.477 e. The first-order valence-corrected chi connectivity index (χ1v) is 6.04. The molecule has 0 atom stereocenters. The summed E-state index contributed by atoms with van der Waals surface area (Å²) in [4.78, 5) is 10.8. The van der Waals surface area contributed by atoms with Gasteiger partial charge in [0.1, 0.15) is 0 Å². The lowest BCUT2D eigenvalue weighted by Crippen LogP contribution is -2.57. The van der Waals surface area contributed by atoms with E-state index in [9.17, 15) is 13.6 Å². The lowest BCUT2D eigenvalue weighted by molar-refractivity contribution is -0.219. The Bertz CT molecular complexity index is 303. The summed E-state index contributed by atoms with van der Waals surface area (Å²) in [5, 5.41) is 8.75. The molecule has 4 bridgehead atoms. The molecule has 0 unspecified atom stereocenters. The number of carboxylic acids is 1. The zero-order valence-corrected chi connectivity index (χ0v) is 9.09. The lowest BCUT2D eigenvalue weighted by atomic mass is 9.48. The molecule has 0 aliphatic heterocycles. The molecule has 0 aromatic rings. The van der Waals surface area contributed by atoms with Crippen molar-refractivity contribution < 1.29 is 18.7 Å².